The van der Waals surface area contributed by atoms with Crippen molar-refractivity contribution in [3.63, 3.8) is 0 Å². The van der Waals surface area contributed by atoms with Gasteiger partial charge in [-0.3, -0.25) is 0 Å². The quantitative estimate of drug-likeness (QED) is 0.269. The molecule has 0 N–H and O–H groups in total. The molecule has 2 heterocycles. The number of unbranched alkanes of at least 4 members (excludes halogenated alkanes) is 1. The summed E-state index contributed by atoms with van der Waals surface area (Å²) in [6.07, 6.45) is -1.51. The molecule has 2 aromatic heterocycles. The summed E-state index contributed by atoms with van der Waals surface area (Å²) in [7, 11) is 0. The van der Waals surface area contributed by atoms with Crippen LogP contribution in [0.3, 0.4) is 0 Å². The molecule has 0 unspecified atom stereocenters. The fourth-order valence-electron chi connectivity index (χ4n) is 3.13. The SMILES string of the molecule is Cc1ccc(-c2ncc3ccccc3n2)nc1C#CCCCOc1cccc(C(F)(F)F)c1. The van der Waals surface area contributed by atoms with E-state index in [1.165, 1.54) is 12.1 Å². The minimum atomic E-state index is -4.39. The summed E-state index contributed by atoms with van der Waals surface area (Å²) in [4.78, 5) is 13.6. The molecule has 33 heavy (non-hydrogen) atoms. The van der Waals surface area contributed by atoms with Crippen molar-refractivity contribution in [1.29, 1.82) is 0 Å². The molecule has 4 aromatic rings. The van der Waals surface area contributed by atoms with E-state index in [2.05, 4.69) is 26.8 Å². The highest BCUT2D eigenvalue weighted by molar-refractivity contribution is 5.79. The van der Waals surface area contributed by atoms with E-state index < -0.39 is 11.7 Å². The Kier molecular flexibility index (Phi) is 6.55. The number of para-hydroxylation sites is 1. The van der Waals surface area contributed by atoms with Crippen LogP contribution < -0.4 is 4.74 Å². The molecule has 4 rings (SSSR count). The van der Waals surface area contributed by atoms with Crippen molar-refractivity contribution in [3.05, 3.63) is 83.7 Å². The Morgan fingerprint density at radius 3 is 2.67 bits per heavy atom. The molecule has 4 nitrogen and oxygen atoms in total. The van der Waals surface area contributed by atoms with Crippen molar-refractivity contribution in [2.45, 2.75) is 25.9 Å². The molecule has 0 bridgehead atoms. The first-order chi connectivity index (χ1) is 15.9. The van der Waals surface area contributed by atoms with E-state index >= 15 is 0 Å². The lowest BCUT2D eigenvalue weighted by Gasteiger charge is -2.09. The van der Waals surface area contributed by atoms with Gasteiger partial charge >= 0.3 is 6.18 Å². The smallest absolute Gasteiger partial charge is 0.416 e. The number of halogens is 3. The number of hydrogen-bond acceptors (Lipinski definition) is 4. The van der Waals surface area contributed by atoms with Crippen molar-refractivity contribution in [3.8, 4) is 29.1 Å². The predicted octanol–water partition coefficient (Wildman–Crippen LogP) is 6.23. The maximum atomic E-state index is 12.8. The zero-order valence-electron chi connectivity index (χ0n) is 17.9. The topological polar surface area (TPSA) is 47.9 Å². The predicted molar refractivity (Wildman–Crippen MR) is 121 cm³/mol. The average molecular weight is 447 g/mol. The van der Waals surface area contributed by atoms with E-state index in [4.69, 9.17) is 4.74 Å². The van der Waals surface area contributed by atoms with Crippen molar-refractivity contribution in [2.75, 3.05) is 6.61 Å². The van der Waals surface area contributed by atoms with Crippen LogP contribution in [0, 0.1) is 18.8 Å². The van der Waals surface area contributed by atoms with Crippen LogP contribution in [0.15, 0.2) is 66.9 Å². The molecule has 0 fully saturated rings. The minimum Gasteiger partial charge on any atom is -0.494 e. The maximum Gasteiger partial charge on any atom is 0.416 e. The lowest BCUT2D eigenvalue weighted by molar-refractivity contribution is -0.137. The number of rotatable bonds is 5. The number of nitrogens with zero attached hydrogens (tertiary/aromatic N) is 3. The number of ether oxygens (including phenoxy) is 1. The van der Waals surface area contributed by atoms with Gasteiger partial charge in [-0.15, -0.1) is 0 Å². The molecule has 0 saturated heterocycles. The van der Waals surface area contributed by atoms with Crippen LogP contribution in [0.2, 0.25) is 0 Å². The first kappa shape index (κ1) is 22.3. The van der Waals surface area contributed by atoms with Crippen LogP contribution in [0.1, 0.15) is 29.7 Å². The molecule has 0 radical (unpaired) electrons. The van der Waals surface area contributed by atoms with Gasteiger partial charge in [0, 0.05) is 18.0 Å². The Morgan fingerprint density at radius 1 is 0.970 bits per heavy atom. The molecule has 0 spiro atoms. The van der Waals surface area contributed by atoms with Crippen LogP contribution >= 0.6 is 0 Å². The number of pyridine rings is 1. The van der Waals surface area contributed by atoms with Gasteiger partial charge in [-0.2, -0.15) is 13.2 Å². The molecule has 0 saturated carbocycles. The second-order valence-electron chi connectivity index (χ2n) is 7.39. The summed E-state index contributed by atoms with van der Waals surface area (Å²) >= 11 is 0. The van der Waals surface area contributed by atoms with Gasteiger partial charge in [0.1, 0.15) is 17.1 Å². The summed E-state index contributed by atoms with van der Waals surface area (Å²) in [5, 5.41) is 0.959. The molecule has 2 aromatic carbocycles. The summed E-state index contributed by atoms with van der Waals surface area (Å²) < 4.78 is 43.7. The Morgan fingerprint density at radius 2 is 1.82 bits per heavy atom. The van der Waals surface area contributed by atoms with Crippen molar-refractivity contribution < 1.29 is 17.9 Å². The van der Waals surface area contributed by atoms with Crippen molar-refractivity contribution >= 4 is 10.9 Å². The van der Waals surface area contributed by atoms with E-state index in [1.807, 2.05) is 43.3 Å². The number of aromatic nitrogens is 3. The Hall–Kier alpha value is -3.92. The standard InChI is InChI=1S/C26H20F3N3O/c1-18-13-14-24(25-30-17-19-8-4-5-12-23(19)32-25)31-22(18)11-3-2-6-15-33-21-10-7-9-20(16-21)26(27,28)29/h4-5,7-10,12-14,16-17H,2,6,15H2,1H3. The van der Waals surface area contributed by atoms with Crippen LogP contribution in [0.4, 0.5) is 13.2 Å². The van der Waals surface area contributed by atoms with E-state index in [1.54, 1.807) is 6.20 Å². The second kappa shape index (κ2) is 9.70. The van der Waals surface area contributed by atoms with E-state index in [0.29, 0.717) is 30.1 Å². The highest BCUT2D eigenvalue weighted by Crippen LogP contribution is 2.31. The first-order valence-electron chi connectivity index (χ1n) is 10.4. The van der Waals surface area contributed by atoms with Gasteiger partial charge < -0.3 is 4.74 Å². The van der Waals surface area contributed by atoms with Crippen molar-refractivity contribution in [2.24, 2.45) is 0 Å². The Balaban J connectivity index is 1.37. The van der Waals surface area contributed by atoms with Gasteiger partial charge in [0.2, 0.25) is 0 Å². The number of fused-ring (bicyclic) bond motifs is 1. The lowest BCUT2D eigenvalue weighted by Crippen LogP contribution is -2.05. The Labute approximate surface area is 189 Å². The van der Waals surface area contributed by atoms with Gasteiger partial charge in [0.25, 0.3) is 0 Å². The van der Waals surface area contributed by atoms with Gasteiger partial charge in [-0.05, 0) is 55.2 Å². The largest absolute Gasteiger partial charge is 0.494 e. The fourth-order valence-corrected chi connectivity index (χ4v) is 3.13. The third-order valence-electron chi connectivity index (χ3n) is 4.90. The number of aryl methyl sites for hydroxylation is 1. The maximum absolute atomic E-state index is 12.8. The molecule has 0 amide bonds. The summed E-state index contributed by atoms with van der Waals surface area (Å²) in [6.45, 7) is 2.20. The first-order valence-corrected chi connectivity index (χ1v) is 10.4. The molecule has 166 valence electrons. The third-order valence-corrected chi connectivity index (χ3v) is 4.90. The molecule has 0 atom stereocenters. The second-order valence-corrected chi connectivity index (χ2v) is 7.39. The summed E-state index contributed by atoms with van der Waals surface area (Å²) in [6, 6.07) is 16.4. The molecular formula is C26H20F3N3O. The van der Waals surface area contributed by atoms with Crippen LogP contribution in [-0.2, 0) is 6.18 Å². The van der Waals surface area contributed by atoms with Crippen LogP contribution in [0.25, 0.3) is 22.4 Å². The lowest BCUT2D eigenvalue weighted by atomic mass is 10.1. The monoisotopic (exact) mass is 447 g/mol. The number of alkyl halides is 3. The highest BCUT2D eigenvalue weighted by Gasteiger charge is 2.30. The molecule has 0 aliphatic rings. The normalized spacial score (nSPS) is 11.2. The van der Waals surface area contributed by atoms with Gasteiger partial charge in [0.15, 0.2) is 5.82 Å². The zero-order valence-corrected chi connectivity index (χ0v) is 17.9. The zero-order chi connectivity index (χ0) is 23.3. The molecule has 7 heteroatoms. The summed E-state index contributed by atoms with van der Waals surface area (Å²) in [5.74, 6) is 6.85. The van der Waals surface area contributed by atoms with Gasteiger partial charge in [-0.25, -0.2) is 15.0 Å². The van der Waals surface area contributed by atoms with E-state index in [0.717, 1.165) is 28.6 Å². The summed E-state index contributed by atoms with van der Waals surface area (Å²) in [5.41, 5.74) is 2.34. The molecule has 0 aliphatic carbocycles. The Bertz CT molecular complexity index is 1340. The van der Waals surface area contributed by atoms with E-state index in [9.17, 15) is 13.2 Å². The highest BCUT2D eigenvalue weighted by atomic mass is 19.4. The molecule has 0 aliphatic heterocycles. The fraction of sp³-hybridized carbons (Fsp3) is 0.192. The third kappa shape index (κ3) is 5.66. The van der Waals surface area contributed by atoms with Crippen LogP contribution in [0.5, 0.6) is 5.75 Å². The van der Waals surface area contributed by atoms with Gasteiger partial charge in [-0.1, -0.05) is 36.3 Å². The van der Waals surface area contributed by atoms with Gasteiger partial charge in [0.05, 0.1) is 17.7 Å². The molecular weight excluding hydrogens is 427 g/mol. The average Bonchev–Trinajstić information content (AvgIpc) is 2.81. The number of hydrogen-bond donors (Lipinski definition) is 0. The van der Waals surface area contributed by atoms with Crippen molar-refractivity contribution in [1.82, 2.24) is 15.0 Å². The van der Waals surface area contributed by atoms with E-state index in [-0.39, 0.29) is 12.4 Å². The van der Waals surface area contributed by atoms with Crippen LogP contribution in [-0.4, -0.2) is 21.6 Å². The number of benzene rings is 2. The minimum absolute atomic E-state index is 0.193.